The average molecular weight is 317 g/mol. The van der Waals surface area contributed by atoms with Crippen molar-refractivity contribution in [1.29, 1.82) is 5.26 Å². The molecular formula is C12H13ClN2O4S. The SMILES string of the molecule is N#Cc1cc(Cl)ccc1S(=O)(=O)N1CC[C@@](O)(CO)C1. The van der Waals surface area contributed by atoms with E-state index in [9.17, 15) is 13.5 Å². The van der Waals surface area contributed by atoms with Crippen LogP contribution >= 0.6 is 11.6 Å². The second kappa shape index (κ2) is 5.31. The predicted octanol–water partition coefficient (Wildman–Crippen LogP) is 0.329. The van der Waals surface area contributed by atoms with Crippen molar-refractivity contribution in [2.75, 3.05) is 19.7 Å². The lowest BCUT2D eigenvalue weighted by molar-refractivity contribution is -0.000734. The third kappa shape index (κ3) is 2.66. The quantitative estimate of drug-likeness (QED) is 0.836. The number of nitriles is 1. The van der Waals surface area contributed by atoms with Gasteiger partial charge >= 0.3 is 0 Å². The highest BCUT2D eigenvalue weighted by Gasteiger charge is 2.41. The number of β-amino-alcohol motifs (C(OH)–C–C–N with tert-alkyl or cyclic N) is 1. The van der Waals surface area contributed by atoms with Crippen molar-refractivity contribution < 1.29 is 18.6 Å². The third-order valence-electron chi connectivity index (χ3n) is 3.27. The number of aliphatic hydroxyl groups excluding tert-OH is 1. The van der Waals surface area contributed by atoms with Gasteiger partial charge in [-0.15, -0.1) is 0 Å². The second-order valence-corrected chi connectivity index (χ2v) is 7.07. The van der Waals surface area contributed by atoms with Crippen molar-refractivity contribution in [2.45, 2.75) is 16.9 Å². The zero-order valence-electron chi connectivity index (χ0n) is 10.5. The first kappa shape index (κ1) is 15.2. The number of aliphatic hydroxyl groups is 2. The van der Waals surface area contributed by atoms with Gasteiger partial charge in [-0.1, -0.05) is 11.6 Å². The van der Waals surface area contributed by atoms with E-state index >= 15 is 0 Å². The number of benzene rings is 1. The van der Waals surface area contributed by atoms with Crippen molar-refractivity contribution >= 4 is 21.6 Å². The van der Waals surface area contributed by atoms with Crippen molar-refractivity contribution in [3.05, 3.63) is 28.8 Å². The average Bonchev–Trinajstić information content (AvgIpc) is 2.82. The third-order valence-corrected chi connectivity index (χ3v) is 5.41. The fourth-order valence-corrected chi connectivity index (χ4v) is 3.92. The molecule has 1 heterocycles. The molecule has 0 aromatic heterocycles. The molecule has 2 rings (SSSR count). The van der Waals surface area contributed by atoms with E-state index in [0.29, 0.717) is 0 Å². The summed E-state index contributed by atoms with van der Waals surface area (Å²) in [5.41, 5.74) is -1.47. The molecular weight excluding hydrogens is 304 g/mol. The fraction of sp³-hybridized carbons (Fsp3) is 0.417. The van der Waals surface area contributed by atoms with Crippen LogP contribution in [0.2, 0.25) is 5.02 Å². The largest absolute Gasteiger partial charge is 0.393 e. The number of hydrogen-bond acceptors (Lipinski definition) is 5. The Bertz CT molecular complexity index is 671. The van der Waals surface area contributed by atoms with Crippen LogP contribution in [-0.2, 0) is 10.0 Å². The van der Waals surface area contributed by atoms with Gasteiger partial charge in [0.05, 0.1) is 12.2 Å². The molecule has 20 heavy (non-hydrogen) atoms. The van der Waals surface area contributed by atoms with Crippen molar-refractivity contribution in [3.8, 4) is 6.07 Å². The second-order valence-electron chi connectivity index (χ2n) is 4.72. The molecule has 0 bridgehead atoms. The van der Waals surface area contributed by atoms with Crippen LogP contribution in [0.5, 0.6) is 0 Å². The Morgan fingerprint density at radius 2 is 2.20 bits per heavy atom. The topological polar surface area (TPSA) is 102 Å². The number of hydrogen-bond donors (Lipinski definition) is 2. The number of halogens is 1. The Morgan fingerprint density at radius 1 is 1.50 bits per heavy atom. The molecule has 1 aliphatic rings. The lowest BCUT2D eigenvalue weighted by Gasteiger charge is -2.21. The zero-order chi connectivity index (χ0) is 15.0. The maximum Gasteiger partial charge on any atom is 0.244 e. The Balaban J connectivity index is 2.40. The maximum absolute atomic E-state index is 12.5. The molecule has 1 fully saturated rings. The number of nitrogens with zero attached hydrogens (tertiary/aromatic N) is 2. The summed E-state index contributed by atoms with van der Waals surface area (Å²) in [6.07, 6.45) is 0.151. The molecule has 1 atom stereocenters. The van der Waals surface area contributed by atoms with Crippen LogP contribution in [0.25, 0.3) is 0 Å². The van der Waals surface area contributed by atoms with Crippen molar-refractivity contribution in [2.24, 2.45) is 0 Å². The highest BCUT2D eigenvalue weighted by atomic mass is 35.5. The van der Waals surface area contributed by atoms with Gasteiger partial charge in [0.2, 0.25) is 10.0 Å². The van der Waals surface area contributed by atoms with E-state index in [-0.39, 0.29) is 35.0 Å². The zero-order valence-corrected chi connectivity index (χ0v) is 12.0. The fourth-order valence-electron chi connectivity index (χ4n) is 2.11. The van der Waals surface area contributed by atoms with E-state index in [1.807, 2.05) is 0 Å². The van der Waals surface area contributed by atoms with Gasteiger partial charge in [-0.25, -0.2) is 8.42 Å². The number of rotatable bonds is 3. The van der Waals surface area contributed by atoms with E-state index in [1.165, 1.54) is 18.2 Å². The molecule has 1 aliphatic heterocycles. The Hall–Kier alpha value is -1.17. The molecule has 0 aliphatic carbocycles. The lowest BCUT2D eigenvalue weighted by Crippen LogP contribution is -2.38. The van der Waals surface area contributed by atoms with E-state index in [2.05, 4.69) is 0 Å². The normalized spacial score (nSPS) is 23.7. The van der Waals surface area contributed by atoms with Crippen LogP contribution in [0.1, 0.15) is 12.0 Å². The molecule has 2 N–H and O–H groups in total. The monoisotopic (exact) mass is 316 g/mol. The molecule has 8 heteroatoms. The maximum atomic E-state index is 12.5. The summed E-state index contributed by atoms with van der Waals surface area (Å²) in [5.74, 6) is 0. The van der Waals surface area contributed by atoms with Crippen LogP contribution in [-0.4, -0.2) is 48.2 Å². The lowest BCUT2D eigenvalue weighted by atomic mass is 10.1. The molecule has 0 radical (unpaired) electrons. The highest BCUT2D eigenvalue weighted by molar-refractivity contribution is 7.89. The molecule has 0 spiro atoms. The van der Waals surface area contributed by atoms with Gasteiger partial charge in [-0.3, -0.25) is 0 Å². The Kier molecular flexibility index (Phi) is 4.04. The van der Waals surface area contributed by atoms with E-state index < -0.39 is 22.2 Å². The molecule has 0 saturated carbocycles. The molecule has 1 aromatic rings. The summed E-state index contributed by atoms with van der Waals surface area (Å²) < 4.78 is 26.0. The van der Waals surface area contributed by atoms with E-state index in [4.69, 9.17) is 22.0 Å². The van der Waals surface area contributed by atoms with Gasteiger partial charge in [-0.05, 0) is 24.6 Å². The van der Waals surface area contributed by atoms with Crippen molar-refractivity contribution in [3.63, 3.8) is 0 Å². The van der Waals surface area contributed by atoms with Gasteiger partial charge in [0.25, 0.3) is 0 Å². The van der Waals surface area contributed by atoms with Gasteiger partial charge in [0, 0.05) is 18.1 Å². The van der Waals surface area contributed by atoms with Crippen molar-refractivity contribution in [1.82, 2.24) is 4.31 Å². The summed E-state index contributed by atoms with van der Waals surface area (Å²) in [5, 5.41) is 28.3. The van der Waals surface area contributed by atoms with Gasteiger partial charge < -0.3 is 10.2 Å². The minimum Gasteiger partial charge on any atom is -0.393 e. The Morgan fingerprint density at radius 3 is 2.75 bits per heavy atom. The smallest absolute Gasteiger partial charge is 0.244 e. The van der Waals surface area contributed by atoms with Crippen LogP contribution in [0.4, 0.5) is 0 Å². The predicted molar refractivity (Wildman–Crippen MR) is 71.6 cm³/mol. The Labute approximate surface area is 121 Å². The molecule has 1 aromatic carbocycles. The van der Waals surface area contributed by atoms with Crippen LogP contribution in [0.15, 0.2) is 23.1 Å². The standard InChI is InChI=1S/C12H13ClN2O4S/c13-10-1-2-11(9(5-10)6-14)20(18,19)15-4-3-12(17,7-15)8-16/h1-2,5,16-17H,3-4,7-8H2/t12-/m0/s1. The number of sulfonamides is 1. The van der Waals surface area contributed by atoms with Crippen LogP contribution < -0.4 is 0 Å². The first-order valence-corrected chi connectivity index (χ1v) is 7.67. The van der Waals surface area contributed by atoms with Gasteiger partial charge in [0.1, 0.15) is 16.6 Å². The minimum atomic E-state index is -3.90. The van der Waals surface area contributed by atoms with Crippen LogP contribution in [0, 0.1) is 11.3 Å². The minimum absolute atomic E-state index is 0.0445. The summed E-state index contributed by atoms with van der Waals surface area (Å²) in [4.78, 5) is -0.147. The summed E-state index contributed by atoms with van der Waals surface area (Å²) in [6, 6.07) is 5.74. The molecule has 0 unspecified atom stereocenters. The van der Waals surface area contributed by atoms with Crippen LogP contribution in [0.3, 0.4) is 0 Å². The summed E-state index contributed by atoms with van der Waals surface area (Å²) >= 11 is 5.74. The molecule has 6 nitrogen and oxygen atoms in total. The van der Waals surface area contributed by atoms with E-state index in [0.717, 1.165) is 4.31 Å². The summed E-state index contributed by atoms with van der Waals surface area (Å²) in [6.45, 7) is -0.614. The van der Waals surface area contributed by atoms with Gasteiger partial charge in [0.15, 0.2) is 0 Å². The molecule has 0 amide bonds. The van der Waals surface area contributed by atoms with E-state index in [1.54, 1.807) is 6.07 Å². The highest BCUT2D eigenvalue weighted by Crippen LogP contribution is 2.29. The molecule has 108 valence electrons. The summed E-state index contributed by atoms with van der Waals surface area (Å²) in [7, 11) is -3.90. The molecule has 1 saturated heterocycles. The first-order chi connectivity index (χ1) is 9.32. The van der Waals surface area contributed by atoms with Gasteiger partial charge in [-0.2, -0.15) is 9.57 Å². The first-order valence-electron chi connectivity index (χ1n) is 5.85.